The molecule has 0 amide bonds. The van der Waals surface area contributed by atoms with Crippen molar-refractivity contribution >= 4 is 10.0 Å². The van der Waals surface area contributed by atoms with E-state index in [2.05, 4.69) is 9.97 Å². The van der Waals surface area contributed by atoms with Crippen LogP contribution in [0.5, 0.6) is 0 Å². The molecule has 2 aromatic rings. The first-order valence-electron chi connectivity index (χ1n) is 6.67. The van der Waals surface area contributed by atoms with E-state index in [1.54, 1.807) is 24.5 Å². The Bertz CT molecular complexity index is 762. The van der Waals surface area contributed by atoms with Crippen LogP contribution in [0.1, 0.15) is 18.4 Å². The number of nitrogens with zero attached hydrogens (tertiary/aromatic N) is 2. The van der Waals surface area contributed by atoms with Crippen LogP contribution in [0.25, 0.3) is 0 Å². The third kappa shape index (κ3) is 3.03. The van der Waals surface area contributed by atoms with E-state index in [1.165, 1.54) is 22.6 Å². The summed E-state index contributed by atoms with van der Waals surface area (Å²) in [5.74, 6) is 0. The van der Waals surface area contributed by atoms with Gasteiger partial charge in [0.15, 0.2) is 0 Å². The van der Waals surface area contributed by atoms with Gasteiger partial charge >= 0.3 is 0 Å². The minimum absolute atomic E-state index is 0.0371. The zero-order chi connectivity index (χ0) is 14.9. The molecule has 2 heterocycles. The molecule has 1 N–H and O–H groups in total. The van der Waals surface area contributed by atoms with E-state index in [0.29, 0.717) is 6.54 Å². The van der Waals surface area contributed by atoms with Gasteiger partial charge in [-0.1, -0.05) is 0 Å². The molecule has 7 heteroatoms. The molecule has 1 aliphatic carbocycles. The normalized spacial score (nSPS) is 15.3. The van der Waals surface area contributed by atoms with Crippen LogP contribution in [-0.2, 0) is 16.6 Å². The number of H-pyrrole nitrogens is 1. The van der Waals surface area contributed by atoms with Gasteiger partial charge in [-0.05, 0) is 36.6 Å². The number of aromatic amines is 1. The summed E-state index contributed by atoms with van der Waals surface area (Å²) in [6, 6.07) is 6.21. The second-order valence-electron chi connectivity index (χ2n) is 5.03. The average Bonchev–Trinajstić information content (AvgIpc) is 3.31. The molecule has 21 heavy (non-hydrogen) atoms. The largest absolute Gasteiger partial charge is 0.328 e. The number of hydrogen-bond donors (Lipinski definition) is 1. The molecule has 0 aromatic carbocycles. The Morgan fingerprint density at radius 3 is 2.48 bits per heavy atom. The number of nitrogens with one attached hydrogen (secondary N) is 1. The molecule has 0 saturated heterocycles. The zero-order valence-electron chi connectivity index (χ0n) is 11.3. The van der Waals surface area contributed by atoms with E-state index >= 15 is 0 Å². The predicted octanol–water partition coefficient (Wildman–Crippen LogP) is 1.12. The number of hydrogen-bond acceptors (Lipinski definition) is 4. The van der Waals surface area contributed by atoms with Crippen molar-refractivity contribution in [3.8, 4) is 0 Å². The fourth-order valence-corrected chi connectivity index (χ4v) is 3.77. The summed E-state index contributed by atoms with van der Waals surface area (Å²) < 4.78 is 26.9. The second-order valence-corrected chi connectivity index (χ2v) is 6.92. The van der Waals surface area contributed by atoms with Gasteiger partial charge in [-0.3, -0.25) is 9.78 Å². The van der Waals surface area contributed by atoms with E-state index in [9.17, 15) is 13.2 Å². The Morgan fingerprint density at radius 1 is 1.19 bits per heavy atom. The fourth-order valence-electron chi connectivity index (χ4n) is 2.13. The molecule has 1 fully saturated rings. The molecular formula is C14H15N3O3S. The van der Waals surface area contributed by atoms with Crippen molar-refractivity contribution in [2.75, 3.05) is 0 Å². The topological polar surface area (TPSA) is 83.1 Å². The maximum absolute atomic E-state index is 12.7. The van der Waals surface area contributed by atoms with Gasteiger partial charge in [-0.25, -0.2) is 8.42 Å². The van der Waals surface area contributed by atoms with E-state index in [4.69, 9.17) is 0 Å². The van der Waals surface area contributed by atoms with E-state index < -0.39 is 10.0 Å². The number of rotatable bonds is 5. The molecule has 3 rings (SSSR count). The standard InChI is InChI=1S/C14H15N3O3S/c18-14-4-3-13(9-16-14)21(19,20)17(12-1-2-12)10-11-5-7-15-8-6-11/h3-9,12H,1-2,10H2,(H,16,18). The maximum atomic E-state index is 12.7. The monoisotopic (exact) mass is 305 g/mol. The lowest BCUT2D eigenvalue weighted by atomic mass is 10.3. The molecule has 0 spiro atoms. The van der Waals surface area contributed by atoms with Crippen molar-refractivity contribution in [2.45, 2.75) is 30.3 Å². The van der Waals surface area contributed by atoms with Gasteiger partial charge in [0.2, 0.25) is 15.6 Å². The SMILES string of the molecule is O=c1ccc(S(=O)(=O)N(Cc2ccncc2)C2CC2)c[nH]1. The Morgan fingerprint density at radius 2 is 1.90 bits per heavy atom. The Hall–Kier alpha value is -1.99. The Kier molecular flexibility index (Phi) is 3.60. The van der Waals surface area contributed by atoms with Crippen LogP contribution >= 0.6 is 0 Å². The summed E-state index contributed by atoms with van der Waals surface area (Å²) in [4.78, 5) is 17.5. The number of aromatic nitrogens is 2. The van der Waals surface area contributed by atoms with Crippen molar-refractivity contribution in [1.29, 1.82) is 0 Å². The summed E-state index contributed by atoms with van der Waals surface area (Å²) >= 11 is 0. The first-order chi connectivity index (χ1) is 10.1. The van der Waals surface area contributed by atoms with Gasteiger partial charge in [-0.2, -0.15) is 4.31 Å². The van der Waals surface area contributed by atoms with Crippen LogP contribution in [0.3, 0.4) is 0 Å². The van der Waals surface area contributed by atoms with Crippen LogP contribution in [0, 0.1) is 0 Å². The van der Waals surface area contributed by atoms with Gasteiger partial charge in [-0.15, -0.1) is 0 Å². The number of pyridine rings is 2. The molecule has 0 atom stereocenters. The van der Waals surface area contributed by atoms with Crippen molar-refractivity contribution < 1.29 is 8.42 Å². The van der Waals surface area contributed by atoms with Gasteiger partial charge in [0.05, 0.1) is 4.90 Å². The third-order valence-corrected chi connectivity index (χ3v) is 5.30. The molecule has 0 unspecified atom stereocenters. The van der Waals surface area contributed by atoms with Crippen molar-refractivity contribution in [1.82, 2.24) is 14.3 Å². The highest BCUT2D eigenvalue weighted by Gasteiger charge is 2.38. The van der Waals surface area contributed by atoms with E-state index in [1.807, 2.05) is 0 Å². The highest BCUT2D eigenvalue weighted by atomic mass is 32.2. The Labute approximate surface area is 122 Å². The first kappa shape index (κ1) is 14.0. The first-order valence-corrected chi connectivity index (χ1v) is 8.11. The molecule has 1 saturated carbocycles. The lowest BCUT2D eigenvalue weighted by Crippen LogP contribution is -2.33. The minimum Gasteiger partial charge on any atom is -0.328 e. The molecule has 0 bridgehead atoms. The molecule has 110 valence electrons. The predicted molar refractivity (Wildman–Crippen MR) is 77.1 cm³/mol. The maximum Gasteiger partial charge on any atom is 0.247 e. The van der Waals surface area contributed by atoms with Crippen molar-refractivity contribution in [2.24, 2.45) is 0 Å². The third-order valence-electron chi connectivity index (χ3n) is 3.40. The second kappa shape index (κ2) is 5.42. The molecule has 0 radical (unpaired) electrons. The lowest BCUT2D eigenvalue weighted by Gasteiger charge is -2.21. The van der Waals surface area contributed by atoms with E-state index in [-0.39, 0.29) is 16.5 Å². The zero-order valence-corrected chi connectivity index (χ0v) is 12.1. The van der Waals surface area contributed by atoms with Gasteiger partial charge < -0.3 is 4.98 Å². The lowest BCUT2D eigenvalue weighted by molar-refractivity contribution is 0.398. The van der Waals surface area contributed by atoms with Crippen LogP contribution in [0.15, 0.2) is 52.5 Å². The minimum atomic E-state index is -3.61. The quantitative estimate of drug-likeness (QED) is 0.897. The smallest absolute Gasteiger partial charge is 0.247 e. The molecular weight excluding hydrogens is 290 g/mol. The summed E-state index contributed by atoms with van der Waals surface area (Å²) in [6.07, 6.45) is 6.28. The fraction of sp³-hybridized carbons (Fsp3) is 0.286. The number of sulfonamides is 1. The molecule has 6 nitrogen and oxygen atoms in total. The van der Waals surface area contributed by atoms with Crippen LogP contribution in [-0.4, -0.2) is 28.7 Å². The molecule has 0 aliphatic heterocycles. The van der Waals surface area contributed by atoms with Crippen molar-refractivity contribution in [3.05, 3.63) is 58.8 Å². The van der Waals surface area contributed by atoms with Gasteiger partial charge in [0, 0.05) is 37.2 Å². The highest BCUT2D eigenvalue weighted by Crippen LogP contribution is 2.33. The Balaban J connectivity index is 1.93. The van der Waals surface area contributed by atoms with Gasteiger partial charge in [0.1, 0.15) is 0 Å². The van der Waals surface area contributed by atoms with E-state index in [0.717, 1.165) is 18.4 Å². The van der Waals surface area contributed by atoms with Crippen LogP contribution < -0.4 is 5.56 Å². The summed E-state index contributed by atoms with van der Waals surface area (Å²) in [5, 5.41) is 0. The summed E-state index contributed by atoms with van der Waals surface area (Å²) in [6.45, 7) is 0.314. The average molecular weight is 305 g/mol. The summed E-state index contributed by atoms with van der Waals surface area (Å²) in [7, 11) is -3.61. The molecule has 2 aromatic heterocycles. The van der Waals surface area contributed by atoms with Crippen LogP contribution in [0.4, 0.5) is 0 Å². The summed E-state index contributed by atoms with van der Waals surface area (Å²) in [5.41, 5.74) is 0.575. The van der Waals surface area contributed by atoms with Crippen molar-refractivity contribution in [3.63, 3.8) is 0 Å². The van der Waals surface area contributed by atoms with Crippen LogP contribution in [0.2, 0.25) is 0 Å². The van der Waals surface area contributed by atoms with Gasteiger partial charge in [0.25, 0.3) is 0 Å². The molecule has 1 aliphatic rings. The highest BCUT2D eigenvalue weighted by molar-refractivity contribution is 7.89.